The molecule has 6 nitrogen and oxygen atoms in total. The second kappa shape index (κ2) is 6.50. The lowest BCUT2D eigenvalue weighted by molar-refractivity contribution is -0.144. The first-order valence-corrected chi connectivity index (χ1v) is 7.71. The van der Waals surface area contributed by atoms with Crippen molar-refractivity contribution < 1.29 is 26.3 Å². The number of nitrogens with zero attached hydrogens (tertiary/aromatic N) is 2. The molecule has 0 fully saturated rings. The number of aromatic nitrogens is 2. The van der Waals surface area contributed by atoms with Gasteiger partial charge in [0, 0.05) is 7.11 Å². The van der Waals surface area contributed by atoms with Crippen LogP contribution in [0.15, 0.2) is 41.6 Å². The Kier molecular flexibility index (Phi) is 4.85. The van der Waals surface area contributed by atoms with Crippen LogP contribution in [0, 0.1) is 0 Å². The number of hydrogen-bond donors (Lipinski definition) is 1. The highest BCUT2D eigenvalue weighted by Gasteiger charge is 2.34. The van der Waals surface area contributed by atoms with Crippen LogP contribution < -0.4 is 4.72 Å². The van der Waals surface area contributed by atoms with E-state index in [0.29, 0.717) is 5.56 Å². The number of alkyl halides is 3. The molecule has 1 aromatic heterocycles. The predicted octanol–water partition coefficient (Wildman–Crippen LogP) is 2.44. The zero-order valence-corrected chi connectivity index (χ0v) is 12.6. The van der Waals surface area contributed by atoms with Gasteiger partial charge in [-0.15, -0.1) is 0 Å². The van der Waals surface area contributed by atoms with E-state index < -0.39 is 22.0 Å². The molecule has 23 heavy (non-hydrogen) atoms. The first kappa shape index (κ1) is 17.2. The molecule has 0 amide bonds. The van der Waals surface area contributed by atoms with Crippen LogP contribution in [0.25, 0.3) is 0 Å². The third-order valence-corrected chi connectivity index (χ3v) is 4.20. The second-order valence-corrected chi connectivity index (χ2v) is 6.09. The van der Waals surface area contributed by atoms with Gasteiger partial charge in [0.1, 0.15) is 0 Å². The summed E-state index contributed by atoms with van der Waals surface area (Å²) in [6, 6.07) is 6.11. The van der Waals surface area contributed by atoms with Crippen molar-refractivity contribution in [2.45, 2.75) is 17.7 Å². The molecule has 1 N–H and O–H groups in total. The summed E-state index contributed by atoms with van der Waals surface area (Å²) >= 11 is 0. The van der Waals surface area contributed by atoms with E-state index in [1.807, 2.05) is 0 Å². The Balaban J connectivity index is 2.28. The van der Waals surface area contributed by atoms with Crippen molar-refractivity contribution in [3.63, 3.8) is 0 Å². The number of rotatable bonds is 5. The molecule has 0 bridgehead atoms. The van der Waals surface area contributed by atoms with E-state index in [2.05, 4.69) is 14.7 Å². The summed E-state index contributed by atoms with van der Waals surface area (Å²) in [5.41, 5.74) is 0.237. The highest BCUT2D eigenvalue weighted by atomic mass is 32.2. The largest absolute Gasteiger partial charge is 0.451 e. The standard InChI is InChI=1S/C13H12F3N3O3S/c1-22-8-9-4-2-3-5-11(9)23(20,21)19-10-6-17-12(18-7-10)13(14,15)16/h2-7,19H,8H2,1H3. The average Bonchev–Trinajstić information content (AvgIpc) is 2.47. The number of benzene rings is 1. The van der Waals surface area contributed by atoms with Crippen LogP contribution in [0.2, 0.25) is 0 Å². The third kappa shape index (κ3) is 4.17. The van der Waals surface area contributed by atoms with Gasteiger partial charge in [0.25, 0.3) is 10.0 Å². The van der Waals surface area contributed by atoms with Gasteiger partial charge in [-0.3, -0.25) is 4.72 Å². The summed E-state index contributed by atoms with van der Waals surface area (Å²) in [6.07, 6.45) is -3.18. The van der Waals surface area contributed by atoms with Gasteiger partial charge in [-0.1, -0.05) is 18.2 Å². The van der Waals surface area contributed by atoms with Gasteiger partial charge in [-0.05, 0) is 11.6 Å². The summed E-state index contributed by atoms with van der Waals surface area (Å²) in [7, 11) is -2.59. The van der Waals surface area contributed by atoms with Crippen molar-refractivity contribution in [3.05, 3.63) is 48.0 Å². The summed E-state index contributed by atoms with van der Waals surface area (Å²) in [6.45, 7) is 0.0700. The zero-order chi connectivity index (χ0) is 17.1. The lowest BCUT2D eigenvalue weighted by atomic mass is 10.2. The summed E-state index contributed by atoms with van der Waals surface area (Å²) in [4.78, 5) is 6.16. The van der Waals surface area contributed by atoms with Crippen LogP contribution in [0.1, 0.15) is 11.4 Å². The van der Waals surface area contributed by atoms with E-state index in [4.69, 9.17) is 4.74 Å². The van der Waals surface area contributed by atoms with Crippen LogP contribution in [-0.4, -0.2) is 25.5 Å². The molecule has 10 heteroatoms. The Morgan fingerprint density at radius 2 is 1.78 bits per heavy atom. The fourth-order valence-corrected chi connectivity index (χ4v) is 3.03. The van der Waals surface area contributed by atoms with Gasteiger partial charge in [0.15, 0.2) is 0 Å². The molecule has 2 aromatic rings. The van der Waals surface area contributed by atoms with Gasteiger partial charge in [-0.2, -0.15) is 13.2 Å². The van der Waals surface area contributed by atoms with Gasteiger partial charge < -0.3 is 4.74 Å². The summed E-state index contributed by atoms with van der Waals surface area (Å²) in [5.74, 6) is -1.35. The normalized spacial score (nSPS) is 12.2. The molecule has 0 aliphatic heterocycles. The van der Waals surface area contributed by atoms with Gasteiger partial charge >= 0.3 is 6.18 Å². The van der Waals surface area contributed by atoms with Crippen LogP contribution >= 0.6 is 0 Å². The second-order valence-electron chi connectivity index (χ2n) is 4.44. The highest BCUT2D eigenvalue weighted by molar-refractivity contribution is 7.92. The number of halogens is 3. The molecule has 0 radical (unpaired) electrons. The molecule has 0 saturated carbocycles. The number of anilines is 1. The summed E-state index contributed by atoms with van der Waals surface area (Å²) < 4.78 is 68.9. The van der Waals surface area contributed by atoms with Crippen LogP contribution in [0.5, 0.6) is 0 Å². The minimum absolute atomic E-state index is 0.0400. The van der Waals surface area contributed by atoms with E-state index in [1.165, 1.54) is 19.2 Å². The number of methoxy groups -OCH3 is 1. The van der Waals surface area contributed by atoms with E-state index in [9.17, 15) is 21.6 Å². The fraction of sp³-hybridized carbons (Fsp3) is 0.231. The first-order valence-electron chi connectivity index (χ1n) is 6.23. The fourth-order valence-electron chi connectivity index (χ4n) is 1.78. The van der Waals surface area contributed by atoms with Crippen molar-refractivity contribution >= 4 is 15.7 Å². The van der Waals surface area contributed by atoms with Gasteiger partial charge in [0.2, 0.25) is 5.82 Å². The molecule has 2 rings (SSSR count). The van der Waals surface area contributed by atoms with Crippen molar-refractivity contribution in [2.24, 2.45) is 0 Å². The molecule has 124 valence electrons. The minimum atomic E-state index is -4.69. The average molecular weight is 347 g/mol. The Morgan fingerprint density at radius 1 is 1.17 bits per heavy atom. The third-order valence-electron chi connectivity index (χ3n) is 2.72. The molecule has 1 aromatic carbocycles. The number of nitrogens with one attached hydrogen (secondary N) is 1. The van der Waals surface area contributed by atoms with Crippen LogP contribution in [-0.2, 0) is 27.5 Å². The van der Waals surface area contributed by atoms with Crippen molar-refractivity contribution in [1.29, 1.82) is 0 Å². The number of ether oxygens (including phenoxy) is 1. The smallest absolute Gasteiger partial charge is 0.380 e. The molecule has 0 atom stereocenters. The predicted molar refractivity (Wildman–Crippen MR) is 75.0 cm³/mol. The van der Waals surface area contributed by atoms with Crippen molar-refractivity contribution in [1.82, 2.24) is 9.97 Å². The monoisotopic (exact) mass is 347 g/mol. The quantitative estimate of drug-likeness (QED) is 0.898. The lowest BCUT2D eigenvalue weighted by Gasteiger charge is -2.12. The molecular weight excluding hydrogens is 335 g/mol. The maximum absolute atomic E-state index is 12.4. The lowest BCUT2D eigenvalue weighted by Crippen LogP contribution is -2.17. The number of sulfonamides is 1. The molecular formula is C13H12F3N3O3S. The summed E-state index contributed by atoms with van der Waals surface area (Å²) in [5, 5.41) is 0. The molecule has 0 saturated heterocycles. The Labute approximate surface area is 130 Å². The molecule has 0 spiro atoms. The molecule has 0 aliphatic rings. The molecule has 0 unspecified atom stereocenters. The SMILES string of the molecule is COCc1ccccc1S(=O)(=O)Nc1cnc(C(F)(F)F)nc1. The Morgan fingerprint density at radius 3 is 2.35 bits per heavy atom. The van der Waals surface area contributed by atoms with Crippen LogP contribution in [0.4, 0.5) is 18.9 Å². The topological polar surface area (TPSA) is 81.2 Å². The van der Waals surface area contributed by atoms with Crippen LogP contribution in [0.3, 0.4) is 0 Å². The minimum Gasteiger partial charge on any atom is -0.380 e. The zero-order valence-electron chi connectivity index (χ0n) is 11.8. The van der Waals surface area contributed by atoms with E-state index >= 15 is 0 Å². The molecule has 0 aliphatic carbocycles. The maximum Gasteiger partial charge on any atom is 0.451 e. The Hall–Kier alpha value is -2.20. The van der Waals surface area contributed by atoms with Crippen molar-refractivity contribution in [2.75, 3.05) is 11.8 Å². The van der Waals surface area contributed by atoms with Gasteiger partial charge in [-0.25, -0.2) is 18.4 Å². The number of hydrogen-bond acceptors (Lipinski definition) is 5. The van der Waals surface area contributed by atoms with E-state index in [0.717, 1.165) is 12.4 Å². The van der Waals surface area contributed by atoms with Crippen molar-refractivity contribution in [3.8, 4) is 0 Å². The molecule has 1 heterocycles. The van der Waals surface area contributed by atoms with Gasteiger partial charge in [0.05, 0.1) is 29.6 Å². The van der Waals surface area contributed by atoms with E-state index in [1.54, 1.807) is 12.1 Å². The highest BCUT2D eigenvalue weighted by Crippen LogP contribution is 2.26. The maximum atomic E-state index is 12.4. The first-order chi connectivity index (χ1) is 10.7. The van der Waals surface area contributed by atoms with E-state index in [-0.39, 0.29) is 17.2 Å². The Bertz CT molecular complexity index is 777.